The monoisotopic (exact) mass is 251 g/mol. The third kappa shape index (κ3) is 4.75. The first-order valence-corrected chi connectivity index (χ1v) is 6.23. The molecule has 0 radical (unpaired) electrons. The largest absolute Gasteiger partial charge is 0.490 e. The molecule has 1 aromatic rings. The third-order valence-electron chi connectivity index (χ3n) is 2.12. The molecule has 0 atom stereocenters. The smallest absolute Gasteiger partial charge is 0.161 e. The summed E-state index contributed by atoms with van der Waals surface area (Å²) in [6, 6.07) is 5.85. The van der Waals surface area contributed by atoms with Gasteiger partial charge in [-0.25, -0.2) is 4.59 Å². The fourth-order valence-corrected chi connectivity index (χ4v) is 1.39. The van der Waals surface area contributed by atoms with Crippen molar-refractivity contribution in [1.29, 1.82) is 0 Å². The Morgan fingerprint density at radius 2 is 1.67 bits per heavy atom. The summed E-state index contributed by atoms with van der Waals surface area (Å²) >= 11 is 0. The van der Waals surface area contributed by atoms with Crippen molar-refractivity contribution in [3.63, 3.8) is 0 Å². The van der Waals surface area contributed by atoms with Gasteiger partial charge in [0.1, 0.15) is 0 Å². The molecule has 1 rings (SSSR count). The van der Waals surface area contributed by atoms with Gasteiger partial charge in [0.15, 0.2) is 11.5 Å². The van der Waals surface area contributed by atoms with Crippen molar-refractivity contribution in [3.05, 3.63) is 23.8 Å². The maximum Gasteiger partial charge on any atom is 0.161 e. The molecule has 100 valence electrons. The number of quaternary nitrogens is 1. The molecule has 0 aromatic heterocycles. The van der Waals surface area contributed by atoms with Gasteiger partial charge in [0.05, 0.1) is 40.6 Å². The van der Waals surface area contributed by atoms with Gasteiger partial charge in [0, 0.05) is 5.56 Å². The van der Waals surface area contributed by atoms with Gasteiger partial charge in [-0.15, -0.1) is 0 Å². The second kappa shape index (κ2) is 6.40. The van der Waals surface area contributed by atoms with Crippen molar-refractivity contribution >= 4 is 6.21 Å². The summed E-state index contributed by atoms with van der Waals surface area (Å²) in [4.78, 5) is 0. The molecular weight excluding hydrogens is 228 g/mol. The van der Waals surface area contributed by atoms with E-state index >= 15 is 0 Å². The molecule has 0 aliphatic rings. The number of benzene rings is 1. The van der Waals surface area contributed by atoms with E-state index in [1.165, 1.54) is 0 Å². The van der Waals surface area contributed by atoms with Crippen LogP contribution >= 0.6 is 0 Å². The van der Waals surface area contributed by atoms with Gasteiger partial charge in [-0.2, -0.15) is 0 Å². The Kier molecular flexibility index (Phi) is 5.16. The van der Waals surface area contributed by atoms with Gasteiger partial charge >= 0.3 is 0 Å². The SMILES string of the molecule is CCOc1ccc(/C=N/[N+](C)(C)C)cc1OCC. The fraction of sp³-hybridized carbons (Fsp3) is 0.500. The summed E-state index contributed by atoms with van der Waals surface area (Å²) in [6.45, 7) is 5.17. The summed E-state index contributed by atoms with van der Waals surface area (Å²) in [6.07, 6.45) is 1.85. The van der Waals surface area contributed by atoms with E-state index in [9.17, 15) is 0 Å². The summed E-state index contributed by atoms with van der Waals surface area (Å²) in [5.74, 6) is 1.55. The normalized spacial score (nSPS) is 11.8. The van der Waals surface area contributed by atoms with Crippen LogP contribution in [-0.2, 0) is 0 Å². The lowest BCUT2D eigenvalue weighted by Crippen LogP contribution is -2.27. The minimum absolute atomic E-state index is 0.539. The van der Waals surface area contributed by atoms with E-state index in [0.717, 1.165) is 17.1 Å². The van der Waals surface area contributed by atoms with Crippen LogP contribution in [0.1, 0.15) is 19.4 Å². The molecule has 0 aliphatic heterocycles. The second-order valence-corrected chi connectivity index (χ2v) is 4.76. The average Bonchev–Trinajstić information content (AvgIpc) is 2.29. The van der Waals surface area contributed by atoms with E-state index in [1.54, 1.807) is 0 Å². The van der Waals surface area contributed by atoms with Gasteiger partial charge in [0.2, 0.25) is 0 Å². The van der Waals surface area contributed by atoms with Crippen LogP contribution in [0.15, 0.2) is 23.3 Å². The molecule has 0 saturated carbocycles. The molecule has 0 unspecified atom stereocenters. The highest BCUT2D eigenvalue weighted by Crippen LogP contribution is 2.28. The lowest BCUT2D eigenvalue weighted by molar-refractivity contribution is -0.876. The lowest BCUT2D eigenvalue weighted by Gasteiger charge is -2.15. The summed E-state index contributed by atoms with van der Waals surface area (Å²) < 4.78 is 11.6. The predicted octanol–water partition coefficient (Wildman–Crippen LogP) is 2.52. The maximum atomic E-state index is 5.57. The van der Waals surface area contributed by atoms with Crippen molar-refractivity contribution in [2.45, 2.75) is 13.8 Å². The van der Waals surface area contributed by atoms with Crippen LogP contribution in [0.25, 0.3) is 0 Å². The Hall–Kier alpha value is -1.55. The third-order valence-corrected chi connectivity index (χ3v) is 2.12. The van der Waals surface area contributed by atoms with E-state index in [0.29, 0.717) is 17.8 Å². The molecule has 0 bridgehead atoms. The zero-order valence-electron chi connectivity index (χ0n) is 11.9. The quantitative estimate of drug-likeness (QED) is 0.442. The molecule has 0 amide bonds. The Morgan fingerprint density at radius 3 is 2.22 bits per heavy atom. The van der Waals surface area contributed by atoms with Crippen LogP contribution < -0.4 is 9.47 Å². The van der Waals surface area contributed by atoms with E-state index in [2.05, 4.69) is 5.10 Å². The minimum Gasteiger partial charge on any atom is -0.490 e. The highest BCUT2D eigenvalue weighted by atomic mass is 16.5. The molecule has 0 spiro atoms. The molecule has 0 fully saturated rings. The van der Waals surface area contributed by atoms with Crippen molar-refractivity contribution < 1.29 is 14.1 Å². The standard InChI is InChI=1S/C14H23N2O2/c1-6-17-13-9-8-12(10-14(13)18-7-2)11-15-16(3,4)5/h8-11H,6-7H2,1-5H3/q+1/b15-11+. The topological polar surface area (TPSA) is 30.8 Å². The van der Waals surface area contributed by atoms with E-state index < -0.39 is 0 Å². The number of ether oxygens (including phenoxy) is 2. The van der Waals surface area contributed by atoms with Crippen LogP contribution in [-0.4, -0.2) is 45.2 Å². The highest BCUT2D eigenvalue weighted by molar-refractivity contribution is 5.80. The fourth-order valence-electron chi connectivity index (χ4n) is 1.39. The van der Waals surface area contributed by atoms with Crippen LogP contribution in [0.4, 0.5) is 0 Å². The zero-order valence-corrected chi connectivity index (χ0v) is 11.9. The van der Waals surface area contributed by atoms with E-state index in [1.807, 2.05) is 59.4 Å². The first kappa shape index (κ1) is 14.5. The van der Waals surface area contributed by atoms with E-state index in [4.69, 9.17) is 9.47 Å². The summed E-state index contributed by atoms with van der Waals surface area (Å²) in [5, 5.41) is 4.42. The summed E-state index contributed by atoms with van der Waals surface area (Å²) in [7, 11) is 6.03. The zero-order chi connectivity index (χ0) is 13.6. The molecule has 1 aromatic carbocycles. The first-order chi connectivity index (χ1) is 8.46. The molecule has 0 N–H and O–H groups in total. The van der Waals surface area contributed by atoms with Crippen molar-refractivity contribution in [2.75, 3.05) is 34.4 Å². The number of hydrogen-bond donors (Lipinski definition) is 0. The van der Waals surface area contributed by atoms with Crippen molar-refractivity contribution in [2.24, 2.45) is 5.10 Å². The van der Waals surface area contributed by atoms with Gasteiger partial charge in [-0.05, 0) is 32.0 Å². The second-order valence-electron chi connectivity index (χ2n) is 4.76. The Labute approximate surface area is 109 Å². The van der Waals surface area contributed by atoms with Crippen LogP contribution in [0.3, 0.4) is 0 Å². The molecule has 0 saturated heterocycles. The maximum absolute atomic E-state index is 5.57. The number of rotatable bonds is 6. The van der Waals surface area contributed by atoms with Gasteiger partial charge < -0.3 is 9.47 Å². The van der Waals surface area contributed by atoms with Crippen LogP contribution in [0.5, 0.6) is 11.5 Å². The van der Waals surface area contributed by atoms with E-state index in [-0.39, 0.29) is 0 Å². The minimum atomic E-state index is 0.539. The van der Waals surface area contributed by atoms with Crippen molar-refractivity contribution in [3.8, 4) is 11.5 Å². The van der Waals surface area contributed by atoms with Gasteiger partial charge in [0.25, 0.3) is 0 Å². The van der Waals surface area contributed by atoms with Crippen molar-refractivity contribution in [1.82, 2.24) is 0 Å². The number of nitrogens with zero attached hydrogens (tertiary/aromatic N) is 2. The van der Waals surface area contributed by atoms with Gasteiger partial charge in [-0.3, -0.25) is 0 Å². The molecule has 0 heterocycles. The first-order valence-electron chi connectivity index (χ1n) is 6.23. The highest BCUT2D eigenvalue weighted by Gasteiger charge is 2.06. The number of hydrogen-bond acceptors (Lipinski definition) is 3. The predicted molar refractivity (Wildman–Crippen MR) is 74.4 cm³/mol. The van der Waals surface area contributed by atoms with Gasteiger partial charge in [-0.1, -0.05) is 5.10 Å². The molecular formula is C14H23N2O2+. The molecule has 4 heteroatoms. The molecule has 4 nitrogen and oxygen atoms in total. The summed E-state index contributed by atoms with van der Waals surface area (Å²) in [5.41, 5.74) is 1.01. The molecule has 18 heavy (non-hydrogen) atoms. The lowest BCUT2D eigenvalue weighted by atomic mass is 10.2. The van der Waals surface area contributed by atoms with Crippen LogP contribution in [0, 0.1) is 0 Å². The average molecular weight is 251 g/mol. The Balaban J connectivity index is 2.95. The Bertz CT molecular complexity index is 409. The molecule has 0 aliphatic carbocycles. The van der Waals surface area contributed by atoms with Crippen LogP contribution in [0.2, 0.25) is 0 Å². The Morgan fingerprint density at radius 1 is 1.06 bits per heavy atom.